The third-order valence-corrected chi connectivity index (χ3v) is 3.12. The molecule has 0 aliphatic heterocycles. The van der Waals surface area contributed by atoms with Crippen LogP contribution in [0.15, 0.2) is 48.5 Å². The van der Waals surface area contributed by atoms with Crippen molar-refractivity contribution in [2.45, 2.75) is 13.2 Å². The summed E-state index contributed by atoms with van der Waals surface area (Å²) in [5, 5.41) is 12.5. The molecule has 0 fully saturated rings. The Labute approximate surface area is 128 Å². The first-order chi connectivity index (χ1) is 10.2. The first kappa shape index (κ1) is 15.4. The van der Waals surface area contributed by atoms with Gasteiger partial charge in [0.1, 0.15) is 5.75 Å². The third-order valence-electron chi connectivity index (χ3n) is 2.88. The van der Waals surface area contributed by atoms with E-state index in [1.54, 1.807) is 18.2 Å². The van der Waals surface area contributed by atoms with E-state index < -0.39 is 0 Å². The number of ether oxygens (including phenoxy) is 1. The fraction of sp³-hybridized carbons (Fsp3) is 0.188. The first-order valence-corrected chi connectivity index (χ1v) is 6.89. The van der Waals surface area contributed by atoms with Gasteiger partial charge in [0, 0.05) is 17.1 Å². The van der Waals surface area contributed by atoms with Crippen LogP contribution in [0.4, 0.5) is 0 Å². The third kappa shape index (κ3) is 4.77. The zero-order chi connectivity index (χ0) is 15.1. The van der Waals surface area contributed by atoms with Crippen LogP contribution in [0.1, 0.15) is 11.1 Å². The molecule has 1 amide bonds. The minimum absolute atomic E-state index is 0.110. The molecule has 0 aliphatic rings. The summed E-state index contributed by atoms with van der Waals surface area (Å²) in [5.41, 5.74) is 1.58. The fourth-order valence-corrected chi connectivity index (χ4v) is 2.00. The van der Waals surface area contributed by atoms with Gasteiger partial charge in [-0.3, -0.25) is 4.79 Å². The molecule has 2 N–H and O–H groups in total. The van der Waals surface area contributed by atoms with E-state index in [4.69, 9.17) is 16.3 Å². The van der Waals surface area contributed by atoms with Crippen molar-refractivity contribution in [3.8, 4) is 5.75 Å². The van der Waals surface area contributed by atoms with Crippen LogP contribution in [0.5, 0.6) is 5.75 Å². The molecule has 0 atom stereocenters. The van der Waals surface area contributed by atoms with Crippen LogP contribution >= 0.6 is 11.6 Å². The second-order valence-corrected chi connectivity index (χ2v) is 4.90. The standard InChI is InChI=1S/C16H16ClNO3/c17-14-6-7-15(13(8-14)10-19)21-11-16(20)18-9-12-4-2-1-3-5-12/h1-8,19H,9-11H2,(H,18,20). The monoisotopic (exact) mass is 305 g/mol. The topological polar surface area (TPSA) is 58.6 Å². The molecular weight excluding hydrogens is 290 g/mol. The minimum Gasteiger partial charge on any atom is -0.483 e. The van der Waals surface area contributed by atoms with Crippen molar-refractivity contribution in [2.24, 2.45) is 0 Å². The van der Waals surface area contributed by atoms with E-state index in [1.165, 1.54) is 0 Å². The lowest BCUT2D eigenvalue weighted by Crippen LogP contribution is -2.28. The summed E-state index contributed by atoms with van der Waals surface area (Å²) >= 11 is 5.83. The van der Waals surface area contributed by atoms with Crippen LogP contribution < -0.4 is 10.1 Å². The number of aliphatic hydroxyl groups excluding tert-OH is 1. The largest absolute Gasteiger partial charge is 0.483 e. The number of hydrogen-bond donors (Lipinski definition) is 2. The maximum Gasteiger partial charge on any atom is 0.258 e. The summed E-state index contributed by atoms with van der Waals surface area (Å²) in [6.07, 6.45) is 0. The van der Waals surface area contributed by atoms with Crippen molar-refractivity contribution in [2.75, 3.05) is 6.61 Å². The predicted molar refractivity (Wildman–Crippen MR) is 81.2 cm³/mol. The average Bonchev–Trinajstić information content (AvgIpc) is 2.52. The summed E-state index contributed by atoms with van der Waals surface area (Å²) in [5.74, 6) is 0.231. The van der Waals surface area contributed by atoms with Gasteiger partial charge in [-0.1, -0.05) is 41.9 Å². The van der Waals surface area contributed by atoms with Crippen molar-refractivity contribution < 1.29 is 14.6 Å². The number of carbonyl (C=O) groups is 1. The van der Waals surface area contributed by atoms with Gasteiger partial charge in [-0.25, -0.2) is 0 Å². The van der Waals surface area contributed by atoms with Gasteiger partial charge in [0.05, 0.1) is 6.61 Å². The highest BCUT2D eigenvalue weighted by atomic mass is 35.5. The number of rotatable bonds is 6. The summed E-state index contributed by atoms with van der Waals surface area (Å²) in [6, 6.07) is 14.5. The van der Waals surface area contributed by atoms with Crippen molar-refractivity contribution >= 4 is 17.5 Å². The average molecular weight is 306 g/mol. The second kappa shape index (κ2) is 7.67. The summed E-state index contributed by atoms with van der Waals surface area (Å²) in [4.78, 5) is 11.7. The molecule has 0 bridgehead atoms. The Morgan fingerprint density at radius 1 is 1.19 bits per heavy atom. The van der Waals surface area contributed by atoms with E-state index in [-0.39, 0.29) is 19.1 Å². The molecule has 0 spiro atoms. The zero-order valence-corrected chi connectivity index (χ0v) is 12.1. The van der Waals surface area contributed by atoms with Crippen molar-refractivity contribution in [3.05, 3.63) is 64.7 Å². The maximum absolute atomic E-state index is 11.7. The Hall–Kier alpha value is -2.04. The number of aliphatic hydroxyl groups is 1. The van der Waals surface area contributed by atoms with Crippen LogP contribution in [0.2, 0.25) is 5.02 Å². The van der Waals surface area contributed by atoms with E-state index >= 15 is 0 Å². The van der Waals surface area contributed by atoms with Crippen molar-refractivity contribution in [1.29, 1.82) is 0 Å². The van der Waals surface area contributed by atoms with Crippen molar-refractivity contribution in [1.82, 2.24) is 5.32 Å². The number of hydrogen-bond acceptors (Lipinski definition) is 3. The van der Waals surface area contributed by atoms with E-state index in [0.717, 1.165) is 5.56 Å². The highest BCUT2D eigenvalue weighted by Gasteiger charge is 2.07. The molecule has 2 aromatic rings. The summed E-state index contributed by atoms with van der Waals surface area (Å²) < 4.78 is 5.40. The molecule has 5 heteroatoms. The normalized spacial score (nSPS) is 10.2. The number of amides is 1. The molecule has 4 nitrogen and oxygen atoms in total. The molecule has 0 heterocycles. The van der Waals surface area contributed by atoms with E-state index in [1.807, 2.05) is 30.3 Å². The van der Waals surface area contributed by atoms with Gasteiger partial charge < -0.3 is 15.2 Å². The van der Waals surface area contributed by atoms with Gasteiger partial charge in [-0.2, -0.15) is 0 Å². The molecule has 0 radical (unpaired) electrons. The van der Waals surface area contributed by atoms with E-state index in [9.17, 15) is 9.90 Å². The van der Waals surface area contributed by atoms with Crippen LogP contribution in [-0.2, 0) is 17.9 Å². The van der Waals surface area contributed by atoms with Crippen LogP contribution in [0, 0.1) is 0 Å². The minimum atomic E-state index is -0.224. The molecule has 0 saturated heterocycles. The summed E-state index contributed by atoms with van der Waals surface area (Å²) in [6.45, 7) is 0.152. The van der Waals surface area contributed by atoms with Gasteiger partial charge in [-0.05, 0) is 23.8 Å². The van der Waals surface area contributed by atoms with E-state index in [2.05, 4.69) is 5.32 Å². The van der Waals surface area contributed by atoms with E-state index in [0.29, 0.717) is 22.9 Å². The SMILES string of the molecule is O=C(COc1ccc(Cl)cc1CO)NCc1ccccc1. The molecule has 2 rings (SSSR count). The fourth-order valence-electron chi connectivity index (χ4n) is 1.80. The quantitative estimate of drug-likeness (QED) is 0.862. The van der Waals surface area contributed by atoms with Gasteiger partial charge in [0.15, 0.2) is 6.61 Å². The molecule has 21 heavy (non-hydrogen) atoms. The molecule has 0 aromatic heterocycles. The van der Waals surface area contributed by atoms with Gasteiger partial charge in [0.2, 0.25) is 0 Å². The van der Waals surface area contributed by atoms with Crippen LogP contribution in [0.25, 0.3) is 0 Å². The Morgan fingerprint density at radius 2 is 1.95 bits per heavy atom. The maximum atomic E-state index is 11.7. The second-order valence-electron chi connectivity index (χ2n) is 4.46. The van der Waals surface area contributed by atoms with Gasteiger partial charge in [0.25, 0.3) is 5.91 Å². The lowest BCUT2D eigenvalue weighted by atomic mass is 10.2. The highest BCUT2D eigenvalue weighted by molar-refractivity contribution is 6.30. The molecular formula is C16H16ClNO3. The predicted octanol–water partition coefficient (Wildman–Crippen LogP) is 2.53. The highest BCUT2D eigenvalue weighted by Crippen LogP contribution is 2.22. The lowest BCUT2D eigenvalue weighted by molar-refractivity contribution is -0.123. The number of nitrogens with one attached hydrogen (secondary N) is 1. The van der Waals surface area contributed by atoms with Crippen molar-refractivity contribution in [3.63, 3.8) is 0 Å². The Bertz CT molecular complexity index is 602. The van der Waals surface area contributed by atoms with Crippen LogP contribution in [0.3, 0.4) is 0 Å². The number of carbonyl (C=O) groups excluding carboxylic acids is 1. The van der Waals surface area contributed by atoms with Crippen LogP contribution in [-0.4, -0.2) is 17.6 Å². The summed E-state index contributed by atoms with van der Waals surface area (Å²) in [7, 11) is 0. The Kier molecular flexibility index (Phi) is 5.60. The number of benzene rings is 2. The molecule has 2 aromatic carbocycles. The molecule has 0 saturated carbocycles. The smallest absolute Gasteiger partial charge is 0.258 e. The zero-order valence-electron chi connectivity index (χ0n) is 11.4. The Balaban J connectivity index is 1.84. The molecule has 0 unspecified atom stereocenters. The van der Waals surface area contributed by atoms with Gasteiger partial charge >= 0.3 is 0 Å². The molecule has 110 valence electrons. The number of halogens is 1. The Morgan fingerprint density at radius 3 is 2.67 bits per heavy atom. The molecule has 0 aliphatic carbocycles. The lowest BCUT2D eigenvalue weighted by Gasteiger charge is -2.10. The first-order valence-electron chi connectivity index (χ1n) is 6.52. The van der Waals surface area contributed by atoms with Gasteiger partial charge in [-0.15, -0.1) is 0 Å².